The van der Waals surface area contributed by atoms with E-state index in [1.165, 1.54) is 66.1 Å². The molecule has 1 aromatic heterocycles. The Bertz CT molecular complexity index is 2850. The zero-order valence-corrected chi connectivity index (χ0v) is 29.7. The van der Waals surface area contributed by atoms with Crippen LogP contribution in [0.4, 0.5) is 0 Å². The highest BCUT2D eigenvalue weighted by Crippen LogP contribution is 2.50. The Morgan fingerprint density at radius 1 is 0.321 bits per heavy atom. The van der Waals surface area contributed by atoms with Gasteiger partial charge in [-0.1, -0.05) is 184 Å². The van der Waals surface area contributed by atoms with Crippen LogP contribution in [0.25, 0.3) is 88.8 Å². The molecular formula is C51H36N2. The first-order valence-electron chi connectivity index (χ1n) is 18.3. The normalized spacial score (nSPS) is 12.9. The number of rotatable bonds is 5. The Balaban J connectivity index is 1.16. The molecule has 0 bridgehead atoms. The van der Waals surface area contributed by atoms with Crippen molar-refractivity contribution in [1.82, 2.24) is 9.97 Å². The summed E-state index contributed by atoms with van der Waals surface area (Å²) >= 11 is 0. The highest BCUT2D eigenvalue weighted by molar-refractivity contribution is 6.07. The zero-order valence-electron chi connectivity index (χ0n) is 29.7. The number of benzene rings is 8. The van der Waals surface area contributed by atoms with Gasteiger partial charge < -0.3 is 0 Å². The number of fused-ring (bicyclic) bond motifs is 5. The molecule has 0 radical (unpaired) electrons. The van der Waals surface area contributed by atoms with Crippen LogP contribution in [0.3, 0.4) is 0 Å². The summed E-state index contributed by atoms with van der Waals surface area (Å²) in [5.41, 5.74) is 15.2. The van der Waals surface area contributed by atoms with E-state index in [9.17, 15) is 0 Å². The molecule has 1 heterocycles. The van der Waals surface area contributed by atoms with Gasteiger partial charge in [0.1, 0.15) is 0 Å². The van der Waals surface area contributed by atoms with Crippen molar-refractivity contribution in [3.05, 3.63) is 193 Å². The van der Waals surface area contributed by atoms with Gasteiger partial charge >= 0.3 is 0 Å². The van der Waals surface area contributed by atoms with Crippen LogP contribution in [0, 0.1) is 0 Å². The predicted molar refractivity (Wildman–Crippen MR) is 222 cm³/mol. The van der Waals surface area contributed by atoms with Crippen molar-refractivity contribution in [3.8, 4) is 67.3 Å². The zero-order chi connectivity index (χ0) is 35.5. The highest BCUT2D eigenvalue weighted by Gasteiger charge is 2.35. The highest BCUT2D eigenvalue weighted by atomic mass is 14.9. The van der Waals surface area contributed by atoms with Crippen LogP contribution in [-0.4, -0.2) is 9.97 Å². The quantitative estimate of drug-likeness (QED) is 0.181. The van der Waals surface area contributed by atoms with Crippen LogP contribution in [0.5, 0.6) is 0 Å². The van der Waals surface area contributed by atoms with Gasteiger partial charge in [0.25, 0.3) is 0 Å². The van der Waals surface area contributed by atoms with Crippen LogP contribution >= 0.6 is 0 Å². The van der Waals surface area contributed by atoms with Gasteiger partial charge in [0, 0.05) is 22.1 Å². The molecule has 2 nitrogen and oxygen atoms in total. The Morgan fingerprint density at radius 2 is 0.792 bits per heavy atom. The van der Waals surface area contributed by atoms with Crippen LogP contribution in [0.2, 0.25) is 0 Å². The van der Waals surface area contributed by atoms with Gasteiger partial charge in [-0.15, -0.1) is 0 Å². The molecule has 0 N–H and O–H groups in total. The van der Waals surface area contributed by atoms with E-state index in [-0.39, 0.29) is 5.41 Å². The fourth-order valence-corrected chi connectivity index (χ4v) is 8.50. The fourth-order valence-electron chi connectivity index (χ4n) is 8.50. The van der Waals surface area contributed by atoms with E-state index >= 15 is 0 Å². The molecule has 1 aliphatic rings. The summed E-state index contributed by atoms with van der Waals surface area (Å²) in [5, 5.41) is 4.74. The third-order valence-corrected chi connectivity index (χ3v) is 11.1. The lowest BCUT2D eigenvalue weighted by Crippen LogP contribution is -2.14. The van der Waals surface area contributed by atoms with Gasteiger partial charge in [-0.3, -0.25) is 0 Å². The van der Waals surface area contributed by atoms with E-state index in [0.717, 1.165) is 28.1 Å². The third kappa shape index (κ3) is 5.10. The van der Waals surface area contributed by atoms with E-state index in [1.54, 1.807) is 0 Å². The second-order valence-electron chi connectivity index (χ2n) is 14.5. The van der Waals surface area contributed by atoms with Gasteiger partial charge in [0.05, 0.1) is 11.4 Å². The SMILES string of the molecule is CC1(C)c2ccccc2-c2cc(-c3ccc(-c4cc(-c5cccc6c(-c7ccccc7)cccc56)nc(-c5ccccc5)n4)c4ccccc34)ccc21. The van der Waals surface area contributed by atoms with Gasteiger partial charge in [0.2, 0.25) is 0 Å². The molecule has 0 aliphatic heterocycles. The maximum absolute atomic E-state index is 5.27. The first-order chi connectivity index (χ1) is 26.0. The number of aromatic nitrogens is 2. The van der Waals surface area contributed by atoms with Crippen LogP contribution in [-0.2, 0) is 5.41 Å². The molecule has 9 aromatic rings. The second kappa shape index (κ2) is 12.3. The maximum Gasteiger partial charge on any atom is 0.160 e. The summed E-state index contributed by atoms with van der Waals surface area (Å²) in [5.74, 6) is 0.711. The van der Waals surface area contributed by atoms with E-state index in [1.807, 2.05) is 6.07 Å². The first kappa shape index (κ1) is 31.1. The van der Waals surface area contributed by atoms with Crippen LogP contribution in [0.15, 0.2) is 182 Å². The van der Waals surface area contributed by atoms with Crippen molar-refractivity contribution >= 4 is 21.5 Å². The average molecular weight is 677 g/mol. The summed E-state index contributed by atoms with van der Waals surface area (Å²) in [6.07, 6.45) is 0. The molecule has 53 heavy (non-hydrogen) atoms. The number of hydrogen-bond acceptors (Lipinski definition) is 2. The van der Waals surface area contributed by atoms with Gasteiger partial charge in [-0.05, 0) is 78.2 Å². The summed E-state index contributed by atoms with van der Waals surface area (Å²) in [6.45, 7) is 4.67. The number of nitrogens with zero attached hydrogens (tertiary/aromatic N) is 2. The van der Waals surface area contributed by atoms with E-state index < -0.39 is 0 Å². The molecule has 250 valence electrons. The Labute approximate surface area is 310 Å². The van der Waals surface area contributed by atoms with Crippen LogP contribution in [0.1, 0.15) is 25.0 Å². The fraction of sp³-hybridized carbons (Fsp3) is 0.0588. The Kier molecular flexibility index (Phi) is 7.19. The average Bonchev–Trinajstić information content (AvgIpc) is 3.45. The minimum atomic E-state index is -0.0231. The molecule has 0 amide bonds. The molecule has 10 rings (SSSR count). The summed E-state index contributed by atoms with van der Waals surface area (Å²) < 4.78 is 0. The lowest BCUT2D eigenvalue weighted by molar-refractivity contribution is 0.660. The predicted octanol–water partition coefficient (Wildman–Crippen LogP) is 13.4. The first-order valence-corrected chi connectivity index (χ1v) is 18.3. The second-order valence-corrected chi connectivity index (χ2v) is 14.5. The van der Waals surface area contributed by atoms with Gasteiger partial charge in [-0.25, -0.2) is 9.97 Å². The van der Waals surface area contributed by atoms with Crippen molar-refractivity contribution in [1.29, 1.82) is 0 Å². The smallest absolute Gasteiger partial charge is 0.160 e. The maximum atomic E-state index is 5.27. The summed E-state index contributed by atoms with van der Waals surface area (Å²) in [7, 11) is 0. The monoisotopic (exact) mass is 676 g/mol. The lowest BCUT2D eigenvalue weighted by Gasteiger charge is -2.21. The molecule has 0 spiro atoms. The lowest BCUT2D eigenvalue weighted by atomic mass is 9.82. The van der Waals surface area contributed by atoms with Crippen LogP contribution < -0.4 is 0 Å². The van der Waals surface area contributed by atoms with Crippen molar-refractivity contribution < 1.29 is 0 Å². The molecule has 1 aliphatic carbocycles. The molecule has 2 heteroatoms. The van der Waals surface area contributed by atoms with E-state index in [0.29, 0.717) is 5.82 Å². The topological polar surface area (TPSA) is 25.8 Å². The number of hydrogen-bond donors (Lipinski definition) is 0. The molecular weight excluding hydrogens is 641 g/mol. The van der Waals surface area contributed by atoms with Crippen molar-refractivity contribution in [3.63, 3.8) is 0 Å². The van der Waals surface area contributed by atoms with Crippen molar-refractivity contribution in [2.75, 3.05) is 0 Å². The standard InChI is InChI=1S/C51H36N2/c1-51(2)46-26-12-11-21-42(46)45-31-35(27-30-47(45)51)37-28-29-44(40-20-10-9-19-38(37)40)49-32-48(52-50(53-49)34-17-7-4-8-18-34)43-25-14-23-39-36(22-13-24-41(39)43)33-15-5-3-6-16-33/h3-32H,1-2H3. The van der Waals surface area contributed by atoms with E-state index in [2.05, 4.69) is 190 Å². The van der Waals surface area contributed by atoms with Gasteiger partial charge in [0.15, 0.2) is 5.82 Å². The molecule has 0 fully saturated rings. The molecule has 0 unspecified atom stereocenters. The summed E-state index contributed by atoms with van der Waals surface area (Å²) in [6, 6.07) is 65.4. The third-order valence-electron chi connectivity index (χ3n) is 11.1. The minimum Gasteiger partial charge on any atom is -0.228 e. The molecule has 0 saturated heterocycles. The van der Waals surface area contributed by atoms with Crippen molar-refractivity contribution in [2.24, 2.45) is 0 Å². The molecule has 0 saturated carbocycles. The molecule has 0 atom stereocenters. The summed E-state index contributed by atoms with van der Waals surface area (Å²) in [4.78, 5) is 10.5. The Morgan fingerprint density at radius 3 is 1.49 bits per heavy atom. The minimum absolute atomic E-state index is 0.0231. The molecule has 8 aromatic carbocycles. The van der Waals surface area contributed by atoms with Gasteiger partial charge in [-0.2, -0.15) is 0 Å². The van der Waals surface area contributed by atoms with E-state index in [4.69, 9.17) is 9.97 Å². The Hall–Kier alpha value is -6.64. The van der Waals surface area contributed by atoms with Crippen molar-refractivity contribution in [2.45, 2.75) is 19.3 Å². The largest absolute Gasteiger partial charge is 0.228 e.